The number of ether oxygens (including phenoxy) is 5. The molecule has 3 aliphatic heterocycles. The first-order valence-corrected chi connectivity index (χ1v) is 15.6. The van der Waals surface area contributed by atoms with Crippen molar-refractivity contribution in [3.63, 3.8) is 0 Å². The van der Waals surface area contributed by atoms with Gasteiger partial charge in [-0.05, 0) is 20.8 Å². The first kappa shape index (κ1) is 35.8. The fraction of sp³-hybridized carbons (Fsp3) is 1.00. The van der Waals surface area contributed by atoms with Gasteiger partial charge in [0.2, 0.25) is 0 Å². The van der Waals surface area contributed by atoms with Crippen molar-refractivity contribution in [2.24, 2.45) is 11.8 Å². The Morgan fingerprint density at radius 3 is 1.57 bits per heavy atom. The minimum Gasteiger partial charge on any atom is -0.394 e. The molecule has 0 amide bonds. The molecule has 0 bridgehead atoms. The van der Waals surface area contributed by atoms with E-state index in [1.54, 1.807) is 0 Å². The number of hydrogen-bond donors (Lipinski definition) is 8. The van der Waals surface area contributed by atoms with Crippen molar-refractivity contribution in [3.05, 3.63) is 0 Å². The van der Waals surface area contributed by atoms with E-state index in [0.717, 1.165) is 0 Å². The van der Waals surface area contributed by atoms with Gasteiger partial charge in [-0.1, -0.05) is 0 Å². The maximum Gasteiger partial charge on any atom is 0.397 e. The van der Waals surface area contributed by atoms with Crippen LogP contribution in [0.3, 0.4) is 0 Å². The molecule has 0 aromatic heterocycles. The maximum absolute atomic E-state index is 11.6. The monoisotopic (exact) mass is 658 g/mol. The van der Waals surface area contributed by atoms with Crippen molar-refractivity contribution in [2.75, 3.05) is 19.8 Å². The van der Waals surface area contributed by atoms with Crippen LogP contribution in [0.15, 0.2) is 0 Å². The Labute approximate surface area is 241 Å². The molecule has 0 spiro atoms. The van der Waals surface area contributed by atoms with E-state index in [1.807, 2.05) is 0 Å². The predicted octanol–water partition coefficient (Wildman–Crippen LogP) is -4.30. The second-order valence-corrected chi connectivity index (χ2v) is 12.5. The summed E-state index contributed by atoms with van der Waals surface area (Å²) in [6.07, 6.45) is -19.3. The third kappa shape index (κ3) is 8.72. The number of aliphatic hydroxyl groups excluding tert-OH is 6. The molecule has 0 saturated carbocycles. The molecular weight excluding hydrogens is 620 g/mol. The van der Waals surface area contributed by atoms with Gasteiger partial charge >= 0.3 is 20.8 Å². The average Bonchev–Trinajstić information content (AvgIpc) is 2.87. The van der Waals surface area contributed by atoms with Crippen molar-refractivity contribution in [2.45, 2.75) is 100 Å². The van der Waals surface area contributed by atoms with Crippen LogP contribution in [0.25, 0.3) is 0 Å². The molecule has 0 aromatic rings. The van der Waals surface area contributed by atoms with Crippen LogP contribution < -0.4 is 0 Å². The lowest BCUT2D eigenvalue weighted by Gasteiger charge is -2.45. The zero-order chi connectivity index (χ0) is 31.7. The van der Waals surface area contributed by atoms with E-state index >= 15 is 0 Å². The van der Waals surface area contributed by atoms with Gasteiger partial charge in [-0.15, -0.1) is 0 Å². The topological polar surface area (TPSA) is 295 Å². The van der Waals surface area contributed by atoms with Crippen LogP contribution in [-0.2, 0) is 52.8 Å². The summed E-state index contributed by atoms with van der Waals surface area (Å²) in [4.78, 5) is 0. The Bertz CT molecular complexity index is 1090. The molecule has 0 aliphatic carbocycles. The summed E-state index contributed by atoms with van der Waals surface area (Å²) in [6.45, 7) is 2.57. The molecule has 3 heterocycles. The number of rotatable bonds is 11. The molecule has 3 rings (SSSR count). The minimum atomic E-state index is -5.19. The van der Waals surface area contributed by atoms with Crippen LogP contribution in [0.1, 0.15) is 20.8 Å². The van der Waals surface area contributed by atoms with Crippen molar-refractivity contribution in [1.82, 2.24) is 0 Å². The summed E-state index contributed by atoms with van der Waals surface area (Å²) in [7, 11) is -10.3. The maximum atomic E-state index is 11.6. The lowest BCUT2D eigenvalue weighted by atomic mass is 9.87. The Morgan fingerprint density at radius 1 is 0.595 bits per heavy atom. The van der Waals surface area contributed by atoms with Crippen LogP contribution >= 0.6 is 0 Å². The zero-order valence-electron chi connectivity index (χ0n) is 22.7. The molecule has 15 atom stereocenters. The van der Waals surface area contributed by atoms with Crippen LogP contribution in [0.4, 0.5) is 0 Å². The first-order chi connectivity index (χ1) is 19.3. The summed E-state index contributed by atoms with van der Waals surface area (Å²) in [5.74, 6) is -2.24. The normalized spacial score (nSPS) is 45.5. The van der Waals surface area contributed by atoms with Gasteiger partial charge in [-0.25, -0.2) is 8.37 Å². The van der Waals surface area contributed by atoms with Crippen LogP contribution in [0.5, 0.6) is 0 Å². The fourth-order valence-corrected chi connectivity index (χ4v) is 6.16. The van der Waals surface area contributed by atoms with Crippen LogP contribution in [0, 0.1) is 11.8 Å². The summed E-state index contributed by atoms with van der Waals surface area (Å²) < 4.78 is 100. The standard InChI is InChI=1S/C21H38O19S2/c1-7-10(5-34-21-17(27)19(40-42(31,32)33)14(24)9(3)38-21)18(39-41(28,29)30)16(26)20(37-7)35-6-11-13(23)8(2)36-12(4-22)15(11)25/h7-27H,4-6H2,1-3H3,(H,28,29,30)(H,31,32,33). The molecular formula is C21H38O19S2. The highest BCUT2D eigenvalue weighted by molar-refractivity contribution is 7.81. The second-order valence-electron chi connectivity index (χ2n) is 10.4. The molecule has 248 valence electrons. The van der Waals surface area contributed by atoms with E-state index in [9.17, 15) is 52.0 Å². The molecule has 42 heavy (non-hydrogen) atoms. The molecule has 3 fully saturated rings. The third-order valence-electron chi connectivity index (χ3n) is 7.45. The minimum absolute atomic E-state index is 0.446. The van der Waals surface area contributed by atoms with Gasteiger partial charge in [0.1, 0.15) is 36.6 Å². The highest BCUT2D eigenvalue weighted by atomic mass is 32.3. The summed E-state index contributed by atoms with van der Waals surface area (Å²) in [6, 6.07) is 0. The summed E-state index contributed by atoms with van der Waals surface area (Å²) in [5, 5.41) is 61.8. The molecule has 21 heteroatoms. The van der Waals surface area contributed by atoms with Crippen molar-refractivity contribution in [3.8, 4) is 0 Å². The van der Waals surface area contributed by atoms with Gasteiger partial charge in [0.15, 0.2) is 12.6 Å². The van der Waals surface area contributed by atoms with Gasteiger partial charge in [0.25, 0.3) is 0 Å². The third-order valence-corrected chi connectivity index (χ3v) is 8.38. The Balaban J connectivity index is 1.73. The first-order valence-electron chi connectivity index (χ1n) is 12.9. The van der Waals surface area contributed by atoms with Gasteiger partial charge in [-0.2, -0.15) is 16.8 Å². The molecule has 0 aromatic carbocycles. The summed E-state index contributed by atoms with van der Waals surface area (Å²) >= 11 is 0. The van der Waals surface area contributed by atoms with E-state index in [0.29, 0.717) is 0 Å². The van der Waals surface area contributed by atoms with E-state index in [2.05, 4.69) is 8.37 Å². The van der Waals surface area contributed by atoms with Crippen LogP contribution in [0.2, 0.25) is 0 Å². The molecule has 3 saturated heterocycles. The Kier molecular flexibility index (Phi) is 12.1. The fourth-order valence-electron chi connectivity index (χ4n) is 5.12. The SMILES string of the molecule is CC1OC(CO)C(O)C(COC2OC(C)C(COC3OC(C)C(O)C(OS(=O)(=O)O)C3O)C(OS(=O)(=O)O)C2O)C1O. The van der Waals surface area contributed by atoms with E-state index < -0.39 is 132 Å². The average molecular weight is 659 g/mol. The smallest absolute Gasteiger partial charge is 0.394 e. The largest absolute Gasteiger partial charge is 0.397 e. The van der Waals surface area contributed by atoms with Crippen molar-refractivity contribution < 1.29 is 88.6 Å². The number of hydrogen-bond acceptors (Lipinski definition) is 17. The highest BCUT2D eigenvalue weighted by Gasteiger charge is 2.51. The molecule has 15 unspecified atom stereocenters. The predicted molar refractivity (Wildman–Crippen MR) is 132 cm³/mol. The zero-order valence-corrected chi connectivity index (χ0v) is 24.3. The van der Waals surface area contributed by atoms with Crippen molar-refractivity contribution in [1.29, 1.82) is 0 Å². The van der Waals surface area contributed by atoms with E-state index in [1.165, 1.54) is 20.8 Å². The molecule has 19 nitrogen and oxygen atoms in total. The second kappa shape index (κ2) is 14.2. The van der Waals surface area contributed by atoms with E-state index in [-0.39, 0.29) is 0 Å². The molecule has 0 radical (unpaired) electrons. The Hall–Kier alpha value is -0.700. The lowest BCUT2D eigenvalue weighted by molar-refractivity contribution is -0.315. The summed E-state index contributed by atoms with van der Waals surface area (Å²) in [5.41, 5.74) is 0. The van der Waals surface area contributed by atoms with Crippen molar-refractivity contribution >= 4 is 20.8 Å². The van der Waals surface area contributed by atoms with E-state index in [4.69, 9.17) is 28.2 Å². The lowest BCUT2D eigenvalue weighted by Crippen LogP contribution is -2.61. The molecule has 8 N–H and O–H groups in total. The van der Waals surface area contributed by atoms with Gasteiger partial charge in [0, 0.05) is 11.8 Å². The van der Waals surface area contributed by atoms with Gasteiger partial charge < -0.3 is 54.3 Å². The number of aliphatic hydroxyl groups is 6. The van der Waals surface area contributed by atoms with Crippen LogP contribution in [-0.4, -0.2) is 156 Å². The Morgan fingerprint density at radius 2 is 1.05 bits per heavy atom. The quantitative estimate of drug-likeness (QED) is 0.0974. The molecule has 3 aliphatic rings. The van der Waals surface area contributed by atoms with Gasteiger partial charge in [-0.3, -0.25) is 9.11 Å². The highest BCUT2D eigenvalue weighted by Crippen LogP contribution is 2.34. The van der Waals surface area contributed by atoms with Gasteiger partial charge in [0.05, 0.1) is 50.3 Å².